The fraction of sp³-hybridized carbons (Fsp3) is 0. The molecule has 26 valence electrons. The molecule has 0 bridgehead atoms. The second-order valence-electron chi connectivity index (χ2n) is 0.0913. The smallest absolute Gasteiger partial charge is 0.344 e. The third-order valence-electron chi connectivity index (χ3n) is 0. The summed E-state index contributed by atoms with van der Waals surface area (Å²) < 4.78 is 8.51. The third kappa shape index (κ3) is 5250. The molecule has 0 rings (SSSR count). The summed E-state index contributed by atoms with van der Waals surface area (Å²) in [5.74, 6) is 0. The molecule has 0 saturated heterocycles. The normalized spacial score (nSPS) is 5.25. The number of hydrogen-bond acceptors (Lipinski definition) is 2. The Labute approximate surface area is 25.5 Å². The van der Waals surface area contributed by atoms with Crippen LogP contribution in [0.5, 0.6) is 0 Å². The molecule has 0 aromatic rings. The van der Waals surface area contributed by atoms with Gasteiger partial charge in [-0.3, -0.25) is 0 Å². The predicted octanol–water partition coefficient (Wildman–Crippen LogP) is 0.0797. The minimum atomic E-state index is -1.17. The van der Waals surface area contributed by atoms with Gasteiger partial charge in [0.05, 0.1) is 0 Å². The Hall–Kier alpha value is 0.0200. The van der Waals surface area contributed by atoms with E-state index >= 15 is 0 Å². The van der Waals surface area contributed by atoms with E-state index in [0.717, 1.165) is 0 Å². The molecular weight excluding hydrogens is 77.0 g/mol. The minimum absolute atomic E-state index is 0. The maximum atomic E-state index is 8.51. The summed E-state index contributed by atoms with van der Waals surface area (Å²) in [7, 11) is -1.17. The average molecular weight is 82.0 g/mol. The Bertz CT molecular complexity index is 13.5. The van der Waals surface area contributed by atoms with Crippen LogP contribution in [0.2, 0.25) is 0 Å². The van der Waals surface area contributed by atoms with Gasteiger partial charge in [0.2, 0.25) is 0 Å². The first kappa shape index (κ1) is 8.99. The topological polar surface area (TPSA) is 72.3 Å². The number of hydrogen-bond donors (Lipinski definition) is 2. The zero-order valence-corrected chi connectivity index (χ0v) is 3.06. The molecule has 0 saturated carbocycles. The van der Waals surface area contributed by atoms with Gasteiger partial charge in [-0.15, -0.1) is 0 Å². The molecular formula is H5NO2P+. The predicted molar refractivity (Wildman–Crippen MR) is 16.2 cm³/mol. The van der Waals surface area contributed by atoms with Crippen LogP contribution in [0.25, 0.3) is 0 Å². The summed E-state index contributed by atoms with van der Waals surface area (Å²) in [4.78, 5) is 7.04. The van der Waals surface area contributed by atoms with Crippen LogP contribution in [0.15, 0.2) is 0 Å². The van der Waals surface area contributed by atoms with Gasteiger partial charge >= 0.3 is 8.69 Å². The monoisotopic (exact) mass is 82.0 g/mol. The van der Waals surface area contributed by atoms with Crippen LogP contribution in [0.4, 0.5) is 0 Å². The lowest BCUT2D eigenvalue weighted by Gasteiger charge is -1.08. The summed E-state index contributed by atoms with van der Waals surface area (Å²) >= 11 is 0. The molecule has 0 aliphatic heterocycles. The van der Waals surface area contributed by atoms with Gasteiger partial charge in [-0.1, -0.05) is 0 Å². The lowest BCUT2D eigenvalue weighted by atomic mass is 14.0. The van der Waals surface area contributed by atoms with E-state index in [2.05, 4.69) is 0 Å². The van der Waals surface area contributed by atoms with Gasteiger partial charge in [0.25, 0.3) is 0 Å². The molecule has 0 aliphatic carbocycles. The Morgan fingerprint density at radius 2 is 1.75 bits per heavy atom. The summed E-state index contributed by atoms with van der Waals surface area (Å²) in [6.07, 6.45) is 0. The molecule has 0 aromatic heterocycles. The molecule has 3 nitrogen and oxygen atoms in total. The maximum Gasteiger partial charge on any atom is 0.491 e. The molecule has 0 heterocycles. The van der Waals surface area contributed by atoms with Crippen molar-refractivity contribution in [2.24, 2.45) is 0 Å². The van der Waals surface area contributed by atoms with Crippen molar-refractivity contribution in [2.75, 3.05) is 0 Å². The van der Waals surface area contributed by atoms with Crippen molar-refractivity contribution in [3.05, 3.63) is 0 Å². The van der Waals surface area contributed by atoms with Crippen LogP contribution in [0, 0.1) is 0 Å². The van der Waals surface area contributed by atoms with Crippen LogP contribution in [0.3, 0.4) is 0 Å². The van der Waals surface area contributed by atoms with Crippen LogP contribution < -0.4 is 6.15 Å². The van der Waals surface area contributed by atoms with E-state index in [1.807, 2.05) is 0 Å². The van der Waals surface area contributed by atoms with Crippen molar-refractivity contribution < 1.29 is 9.46 Å². The summed E-state index contributed by atoms with van der Waals surface area (Å²) in [6, 6.07) is 0. The molecule has 0 fully saturated rings. The molecule has 4 N–H and O–H groups in total. The van der Waals surface area contributed by atoms with Gasteiger partial charge < -0.3 is 6.15 Å². The van der Waals surface area contributed by atoms with Crippen molar-refractivity contribution in [3.8, 4) is 0 Å². The highest BCUT2D eigenvalue weighted by Crippen LogP contribution is 1.66. The first-order chi connectivity index (χ1) is 1.41. The molecule has 1 unspecified atom stereocenters. The quantitative estimate of drug-likeness (QED) is 0.406. The highest BCUT2D eigenvalue weighted by Gasteiger charge is 1.45. The summed E-state index contributed by atoms with van der Waals surface area (Å²) in [5.41, 5.74) is 0. The Morgan fingerprint density at radius 1 is 1.75 bits per heavy atom. The highest BCUT2D eigenvalue weighted by molar-refractivity contribution is 7.16. The van der Waals surface area contributed by atoms with E-state index in [1.54, 1.807) is 0 Å². The molecule has 4 heteroatoms. The van der Waals surface area contributed by atoms with Crippen LogP contribution in [-0.4, -0.2) is 4.89 Å². The number of rotatable bonds is 0. The zero-order valence-electron chi connectivity index (χ0n) is 2.06. The van der Waals surface area contributed by atoms with E-state index in [4.69, 9.17) is 9.46 Å². The molecule has 1 atom stereocenters. The SMILES string of the molecule is N.O=[PH+]O. The van der Waals surface area contributed by atoms with Crippen molar-refractivity contribution in [1.29, 1.82) is 0 Å². The molecule has 4 heavy (non-hydrogen) atoms. The average Bonchev–Trinajstić information content (AvgIpc) is 0.918. The standard InChI is InChI=1S/H3N.HO2P/c;1-3-2/h1H3;3H/p+1. The fourth-order valence-corrected chi connectivity index (χ4v) is 0. The molecule has 0 aromatic carbocycles. The van der Waals surface area contributed by atoms with Crippen LogP contribution in [-0.2, 0) is 4.57 Å². The summed E-state index contributed by atoms with van der Waals surface area (Å²) in [6.45, 7) is 0. The third-order valence-corrected chi connectivity index (χ3v) is 0. The first-order valence-electron chi connectivity index (χ1n) is 0.428. The van der Waals surface area contributed by atoms with Gasteiger partial charge in [0.1, 0.15) is 0 Å². The van der Waals surface area contributed by atoms with E-state index in [0.29, 0.717) is 0 Å². The van der Waals surface area contributed by atoms with Gasteiger partial charge in [0.15, 0.2) is 0 Å². The van der Waals surface area contributed by atoms with Gasteiger partial charge in [-0.05, 0) is 4.57 Å². The summed E-state index contributed by atoms with van der Waals surface area (Å²) in [5, 5.41) is 0. The van der Waals surface area contributed by atoms with E-state index in [-0.39, 0.29) is 6.15 Å². The largest absolute Gasteiger partial charge is 0.491 e. The van der Waals surface area contributed by atoms with E-state index < -0.39 is 8.69 Å². The molecule has 0 radical (unpaired) electrons. The Kier molecular flexibility index (Phi) is 26.6. The molecule has 0 spiro atoms. The Balaban J connectivity index is 0. The second-order valence-corrected chi connectivity index (χ2v) is 0.274. The van der Waals surface area contributed by atoms with Crippen molar-refractivity contribution in [3.63, 3.8) is 0 Å². The second kappa shape index (κ2) is 11.8. The van der Waals surface area contributed by atoms with Crippen molar-refractivity contribution in [2.45, 2.75) is 0 Å². The fourth-order valence-electron chi connectivity index (χ4n) is 0. The minimum Gasteiger partial charge on any atom is -0.344 e. The maximum absolute atomic E-state index is 8.51. The van der Waals surface area contributed by atoms with Crippen LogP contribution in [0.1, 0.15) is 0 Å². The highest BCUT2D eigenvalue weighted by atomic mass is 31.1. The molecule has 0 amide bonds. The lowest BCUT2D eigenvalue weighted by Crippen LogP contribution is -1.03. The zero-order chi connectivity index (χ0) is 2.71. The molecule has 0 aliphatic rings. The van der Waals surface area contributed by atoms with E-state index in [9.17, 15) is 0 Å². The van der Waals surface area contributed by atoms with Gasteiger partial charge in [-0.2, -0.15) is 4.89 Å². The van der Waals surface area contributed by atoms with Crippen molar-refractivity contribution in [1.82, 2.24) is 6.15 Å². The Morgan fingerprint density at radius 3 is 1.75 bits per heavy atom. The first-order valence-corrected chi connectivity index (χ1v) is 1.28. The lowest BCUT2D eigenvalue weighted by molar-refractivity contribution is 0.524. The van der Waals surface area contributed by atoms with Gasteiger partial charge in [0, 0.05) is 0 Å². The van der Waals surface area contributed by atoms with E-state index in [1.165, 1.54) is 0 Å². The van der Waals surface area contributed by atoms with Gasteiger partial charge in [-0.25, -0.2) is 0 Å². The van der Waals surface area contributed by atoms with Crippen LogP contribution >= 0.6 is 8.69 Å². The van der Waals surface area contributed by atoms with Crippen molar-refractivity contribution >= 4 is 8.69 Å².